The van der Waals surface area contributed by atoms with Crippen molar-refractivity contribution in [3.05, 3.63) is 28.3 Å². The van der Waals surface area contributed by atoms with E-state index < -0.39 is 18.6 Å². The number of hydrogen-bond acceptors (Lipinski definition) is 5. The summed E-state index contributed by atoms with van der Waals surface area (Å²) in [5, 5.41) is 10.4. The molecule has 1 aromatic rings. The molecule has 0 aliphatic rings. The van der Waals surface area contributed by atoms with Crippen LogP contribution in [-0.2, 0) is 9.09 Å². The number of benzene rings is 1. The largest absolute Gasteiger partial charge is 0.398 e. The number of nitrogens with zero attached hydrogens (tertiary/aromatic N) is 1. The minimum absolute atomic E-state index is 0.00487. The van der Waals surface area contributed by atoms with Gasteiger partial charge in [-0.3, -0.25) is 14.7 Å². The maximum atomic E-state index is 12.0. The number of nitrogen functional groups attached to an aromatic ring is 1. The Morgan fingerprint density at radius 2 is 2.22 bits per heavy atom. The van der Waals surface area contributed by atoms with Crippen LogP contribution in [0.25, 0.3) is 0 Å². The summed E-state index contributed by atoms with van der Waals surface area (Å²) in [6.07, 6.45) is 0.0961. The summed E-state index contributed by atoms with van der Waals surface area (Å²) in [6, 6.07) is 3.36. The number of nitro groups is 1. The van der Waals surface area contributed by atoms with E-state index in [1.165, 1.54) is 12.1 Å². The van der Waals surface area contributed by atoms with Crippen LogP contribution in [0.15, 0.2) is 18.2 Å². The SMILES string of the molecule is CCC(C)OP(=O)(O)c1cc([N+](=O)[O-])ccc1N. The number of non-ortho nitro benzene ring substituents is 1. The molecule has 8 heteroatoms. The van der Waals surface area contributed by atoms with Crippen LogP contribution in [0.1, 0.15) is 20.3 Å². The highest BCUT2D eigenvalue weighted by Gasteiger charge is 2.29. The maximum Gasteiger partial charge on any atom is 0.361 e. The smallest absolute Gasteiger partial charge is 0.361 e. The minimum Gasteiger partial charge on any atom is -0.398 e. The zero-order chi connectivity index (χ0) is 13.9. The molecule has 7 nitrogen and oxygen atoms in total. The van der Waals surface area contributed by atoms with Crippen molar-refractivity contribution in [3.8, 4) is 0 Å². The first-order valence-corrected chi connectivity index (χ1v) is 6.91. The second-order valence-corrected chi connectivity index (χ2v) is 5.58. The molecular formula is C10H15N2O5P. The van der Waals surface area contributed by atoms with Crippen LogP contribution in [0.4, 0.5) is 11.4 Å². The molecule has 0 radical (unpaired) electrons. The molecule has 2 atom stereocenters. The fourth-order valence-corrected chi connectivity index (χ4v) is 2.71. The van der Waals surface area contributed by atoms with Crippen molar-refractivity contribution >= 4 is 24.3 Å². The highest BCUT2D eigenvalue weighted by Crippen LogP contribution is 2.44. The Morgan fingerprint density at radius 3 is 2.72 bits per heavy atom. The van der Waals surface area contributed by atoms with E-state index in [1.807, 2.05) is 0 Å². The molecule has 0 spiro atoms. The Morgan fingerprint density at radius 1 is 1.61 bits per heavy atom. The van der Waals surface area contributed by atoms with Crippen molar-refractivity contribution in [2.45, 2.75) is 26.4 Å². The zero-order valence-corrected chi connectivity index (χ0v) is 11.0. The lowest BCUT2D eigenvalue weighted by molar-refractivity contribution is -0.384. The summed E-state index contributed by atoms with van der Waals surface area (Å²) < 4.78 is 17.0. The van der Waals surface area contributed by atoms with Gasteiger partial charge in [0, 0.05) is 17.8 Å². The van der Waals surface area contributed by atoms with E-state index in [0.29, 0.717) is 6.42 Å². The summed E-state index contributed by atoms with van der Waals surface area (Å²) >= 11 is 0. The number of nitro benzene ring substituents is 1. The highest BCUT2D eigenvalue weighted by molar-refractivity contribution is 7.61. The second-order valence-electron chi connectivity index (χ2n) is 3.84. The Kier molecular flexibility index (Phi) is 4.45. The summed E-state index contributed by atoms with van der Waals surface area (Å²) in [5.41, 5.74) is 5.25. The molecule has 0 aromatic heterocycles. The van der Waals surface area contributed by atoms with Crippen LogP contribution >= 0.6 is 7.60 Å². The summed E-state index contributed by atoms with van der Waals surface area (Å²) in [4.78, 5) is 19.8. The van der Waals surface area contributed by atoms with Gasteiger partial charge >= 0.3 is 7.60 Å². The Hall–Kier alpha value is -1.43. The molecular weight excluding hydrogens is 259 g/mol. The van der Waals surface area contributed by atoms with Crippen LogP contribution in [0.2, 0.25) is 0 Å². The van der Waals surface area contributed by atoms with Gasteiger partial charge in [0.25, 0.3) is 5.69 Å². The van der Waals surface area contributed by atoms with Gasteiger partial charge in [0.1, 0.15) is 0 Å². The lowest BCUT2D eigenvalue weighted by Gasteiger charge is -2.17. The molecule has 18 heavy (non-hydrogen) atoms. The van der Waals surface area contributed by atoms with Gasteiger partial charge < -0.3 is 15.2 Å². The van der Waals surface area contributed by atoms with Crippen molar-refractivity contribution in [2.24, 2.45) is 0 Å². The first kappa shape index (κ1) is 14.6. The van der Waals surface area contributed by atoms with Gasteiger partial charge in [-0.15, -0.1) is 0 Å². The fourth-order valence-electron chi connectivity index (χ4n) is 1.27. The van der Waals surface area contributed by atoms with E-state index in [9.17, 15) is 19.6 Å². The Balaban J connectivity index is 3.18. The van der Waals surface area contributed by atoms with Gasteiger partial charge in [0.2, 0.25) is 0 Å². The molecule has 1 rings (SSSR count). The molecule has 100 valence electrons. The first-order chi connectivity index (χ1) is 8.27. The molecule has 2 unspecified atom stereocenters. The predicted octanol–water partition coefficient (Wildman–Crippen LogP) is 1.80. The average molecular weight is 274 g/mol. The molecule has 0 aliphatic heterocycles. The molecule has 0 saturated carbocycles. The van der Waals surface area contributed by atoms with Crippen molar-refractivity contribution in [1.29, 1.82) is 0 Å². The van der Waals surface area contributed by atoms with Crippen LogP contribution in [0.5, 0.6) is 0 Å². The van der Waals surface area contributed by atoms with Crippen molar-refractivity contribution < 1.29 is 18.9 Å². The number of anilines is 1. The molecule has 0 amide bonds. The average Bonchev–Trinajstić information content (AvgIpc) is 2.28. The van der Waals surface area contributed by atoms with E-state index in [0.717, 1.165) is 6.07 Å². The van der Waals surface area contributed by atoms with Gasteiger partial charge in [0.15, 0.2) is 0 Å². The third-order valence-electron chi connectivity index (χ3n) is 2.43. The number of rotatable bonds is 5. The lowest BCUT2D eigenvalue weighted by Crippen LogP contribution is -2.16. The third-order valence-corrected chi connectivity index (χ3v) is 4.07. The van der Waals surface area contributed by atoms with E-state index in [1.54, 1.807) is 13.8 Å². The third kappa shape index (κ3) is 3.29. The summed E-state index contributed by atoms with van der Waals surface area (Å²) in [6.45, 7) is 3.43. The zero-order valence-electron chi connectivity index (χ0n) is 10.1. The second kappa shape index (κ2) is 5.48. The minimum atomic E-state index is -4.15. The van der Waals surface area contributed by atoms with Gasteiger partial charge in [-0.05, 0) is 19.4 Å². The number of hydrogen-bond donors (Lipinski definition) is 2. The Labute approximate surface area is 104 Å². The molecule has 0 fully saturated rings. The van der Waals surface area contributed by atoms with Gasteiger partial charge in [-0.25, -0.2) is 0 Å². The van der Waals surface area contributed by atoms with Crippen LogP contribution in [-0.4, -0.2) is 15.9 Å². The maximum absolute atomic E-state index is 12.0. The van der Waals surface area contributed by atoms with E-state index in [2.05, 4.69) is 0 Å². The topological polar surface area (TPSA) is 116 Å². The first-order valence-electron chi connectivity index (χ1n) is 5.33. The summed E-state index contributed by atoms with van der Waals surface area (Å²) in [7, 11) is -4.15. The standard InChI is InChI=1S/C10H15N2O5P/c1-3-7(2)17-18(15,16)10-6-8(12(13)14)4-5-9(10)11/h4-7H,3,11H2,1-2H3,(H,15,16). The Bertz CT molecular complexity index is 505. The monoisotopic (exact) mass is 274 g/mol. The molecule has 3 N–H and O–H groups in total. The van der Waals surface area contributed by atoms with Crippen molar-refractivity contribution in [3.63, 3.8) is 0 Å². The number of nitrogens with two attached hydrogens (primary N) is 1. The van der Waals surface area contributed by atoms with Gasteiger partial charge in [-0.2, -0.15) is 0 Å². The quantitative estimate of drug-likeness (QED) is 0.366. The van der Waals surface area contributed by atoms with E-state index in [4.69, 9.17) is 10.3 Å². The van der Waals surface area contributed by atoms with Crippen LogP contribution in [0, 0.1) is 10.1 Å². The van der Waals surface area contributed by atoms with E-state index in [-0.39, 0.29) is 16.7 Å². The normalized spacial score (nSPS) is 15.9. The molecule has 1 aromatic carbocycles. The lowest BCUT2D eigenvalue weighted by atomic mass is 10.3. The van der Waals surface area contributed by atoms with Gasteiger partial charge in [0.05, 0.1) is 16.3 Å². The molecule has 0 bridgehead atoms. The van der Waals surface area contributed by atoms with Gasteiger partial charge in [-0.1, -0.05) is 6.92 Å². The van der Waals surface area contributed by atoms with E-state index >= 15 is 0 Å². The fraction of sp³-hybridized carbons (Fsp3) is 0.400. The molecule has 0 aliphatic carbocycles. The van der Waals surface area contributed by atoms with Crippen molar-refractivity contribution in [2.75, 3.05) is 5.73 Å². The predicted molar refractivity (Wildman–Crippen MR) is 67.8 cm³/mol. The van der Waals surface area contributed by atoms with Crippen LogP contribution in [0.3, 0.4) is 0 Å². The molecule has 0 heterocycles. The summed E-state index contributed by atoms with van der Waals surface area (Å²) in [5.74, 6) is 0. The van der Waals surface area contributed by atoms with Crippen LogP contribution < -0.4 is 11.0 Å². The molecule has 0 saturated heterocycles. The highest BCUT2D eigenvalue weighted by atomic mass is 31.2. The van der Waals surface area contributed by atoms with Crippen molar-refractivity contribution in [1.82, 2.24) is 0 Å².